The molecule has 132 valence electrons. The molecule has 1 aliphatic heterocycles. The molecule has 1 aliphatic carbocycles. The van der Waals surface area contributed by atoms with Crippen molar-refractivity contribution < 1.29 is 9.53 Å². The van der Waals surface area contributed by atoms with E-state index in [0.29, 0.717) is 25.6 Å². The van der Waals surface area contributed by atoms with E-state index in [1.807, 2.05) is 34.6 Å². The SMILES string of the molecule is CCn1cnnc1[C@@H]1CN(C(=O)N[C@@H]2C[C@H]2c2ccccc2)CCO1. The van der Waals surface area contributed by atoms with Crippen LogP contribution in [0.25, 0.3) is 0 Å². The molecular formula is C18H23N5O2. The van der Waals surface area contributed by atoms with Crippen molar-refractivity contribution in [2.45, 2.75) is 38.0 Å². The first kappa shape index (κ1) is 16.1. The summed E-state index contributed by atoms with van der Waals surface area (Å²) in [6, 6.07) is 10.6. The lowest BCUT2D eigenvalue weighted by Crippen LogP contribution is -2.48. The molecule has 0 bridgehead atoms. The Kier molecular flexibility index (Phi) is 4.40. The van der Waals surface area contributed by atoms with Crippen LogP contribution in [0.3, 0.4) is 0 Å². The fourth-order valence-corrected chi connectivity index (χ4v) is 3.42. The minimum Gasteiger partial charge on any atom is -0.366 e. The van der Waals surface area contributed by atoms with Crippen LogP contribution >= 0.6 is 0 Å². The van der Waals surface area contributed by atoms with Crippen LogP contribution in [0.15, 0.2) is 36.7 Å². The van der Waals surface area contributed by atoms with Gasteiger partial charge in [-0.15, -0.1) is 10.2 Å². The van der Waals surface area contributed by atoms with Gasteiger partial charge in [0.25, 0.3) is 0 Å². The number of nitrogens with zero attached hydrogens (tertiary/aromatic N) is 4. The minimum atomic E-state index is -0.217. The molecule has 2 aromatic rings. The Bertz CT molecular complexity index is 732. The molecule has 1 aromatic carbocycles. The van der Waals surface area contributed by atoms with Gasteiger partial charge in [-0.05, 0) is 18.9 Å². The highest BCUT2D eigenvalue weighted by Crippen LogP contribution is 2.40. The zero-order chi connectivity index (χ0) is 17.2. The zero-order valence-corrected chi connectivity index (χ0v) is 14.3. The summed E-state index contributed by atoms with van der Waals surface area (Å²) < 4.78 is 7.77. The Morgan fingerprint density at radius 3 is 3.00 bits per heavy atom. The van der Waals surface area contributed by atoms with Crippen molar-refractivity contribution in [2.24, 2.45) is 0 Å². The van der Waals surface area contributed by atoms with Gasteiger partial charge in [-0.1, -0.05) is 30.3 Å². The number of benzene rings is 1. The van der Waals surface area contributed by atoms with Gasteiger partial charge in [0.15, 0.2) is 5.82 Å². The Morgan fingerprint density at radius 1 is 1.36 bits per heavy atom. The molecule has 1 saturated heterocycles. The van der Waals surface area contributed by atoms with Crippen molar-refractivity contribution in [1.29, 1.82) is 0 Å². The summed E-state index contributed by atoms with van der Waals surface area (Å²) in [5, 5.41) is 11.3. The number of carbonyl (C=O) groups is 1. The maximum absolute atomic E-state index is 12.6. The number of ether oxygens (including phenoxy) is 1. The second-order valence-electron chi connectivity index (χ2n) is 6.59. The number of carbonyl (C=O) groups excluding carboxylic acids is 1. The zero-order valence-electron chi connectivity index (χ0n) is 14.3. The van der Waals surface area contributed by atoms with Crippen LogP contribution in [0.1, 0.15) is 36.8 Å². The lowest BCUT2D eigenvalue weighted by Gasteiger charge is -2.32. The second-order valence-corrected chi connectivity index (χ2v) is 6.59. The summed E-state index contributed by atoms with van der Waals surface area (Å²) in [6.45, 7) is 4.45. The number of aryl methyl sites for hydroxylation is 1. The van der Waals surface area contributed by atoms with Gasteiger partial charge < -0.3 is 19.5 Å². The van der Waals surface area contributed by atoms with Gasteiger partial charge in [0, 0.05) is 25.0 Å². The van der Waals surface area contributed by atoms with Crippen molar-refractivity contribution >= 4 is 6.03 Å². The molecule has 2 heterocycles. The Hall–Kier alpha value is -2.41. The van der Waals surface area contributed by atoms with Gasteiger partial charge in [0.05, 0.1) is 13.2 Å². The van der Waals surface area contributed by atoms with Crippen molar-refractivity contribution in [3.05, 3.63) is 48.0 Å². The highest BCUT2D eigenvalue weighted by atomic mass is 16.5. The van der Waals surface area contributed by atoms with E-state index < -0.39 is 0 Å². The highest BCUT2D eigenvalue weighted by Gasteiger charge is 2.40. The summed E-state index contributed by atoms with van der Waals surface area (Å²) in [4.78, 5) is 14.4. The number of aromatic nitrogens is 3. The Labute approximate surface area is 147 Å². The summed E-state index contributed by atoms with van der Waals surface area (Å²) >= 11 is 0. The van der Waals surface area contributed by atoms with Gasteiger partial charge in [0.1, 0.15) is 12.4 Å². The van der Waals surface area contributed by atoms with Gasteiger partial charge in [-0.3, -0.25) is 0 Å². The molecule has 1 N–H and O–H groups in total. The molecule has 2 fully saturated rings. The van der Waals surface area contributed by atoms with Crippen LogP contribution in [0, 0.1) is 0 Å². The minimum absolute atomic E-state index is 0.0145. The summed E-state index contributed by atoms with van der Waals surface area (Å²) in [7, 11) is 0. The van der Waals surface area contributed by atoms with Crippen LogP contribution in [-0.2, 0) is 11.3 Å². The molecule has 1 saturated carbocycles. The van der Waals surface area contributed by atoms with Gasteiger partial charge in [-0.2, -0.15) is 0 Å². The van der Waals surface area contributed by atoms with E-state index in [4.69, 9.17) is 4.74 Å². The van der Waals surface area contributed by atoms with Crippen LogP contribution in [-0.4, -0.2) is 51.4 Å². The molecule has 2 amide bonds. The topological polar surface area (TPSA) is 72.3 Å². The Morgan fingerprint density at radius 2 is 2.20 bits per heavy atom. The number of nitrogens with one attached hydrogen (secondary N) is 1. The van der Waals surface area contributed by atoms with Crippen LogP contribution in [0.2, 0.25) is 0 Å². The second kappa shape index (κ2) is 6.84. The maximum Gasteiger partial charge on any atom is 0.317 e. The van der Waals surface area contributed by atoms with Crippen molar-refractivity contribution in [2.75, 3.05) is 19.7 Å². The predicted molar refractivity (Wildman–Crippen MR) is 92.1 cm³/mol. The first-order chi connectivity index (χ1) is 12.3. The molecule has 25 heavy (non-hydrogen) atoms. The quantitative estimate of drug-likeness (QED) is 0.922. The number of urea groups is 1. The van der Waals surface area contributed by atoms with Crippen molar-refractivity contribution in [3.63, 3.8) is 0 Å². The van der Waals surface area contributed by atoms with Crippen molar-refractivity contribution in [1.82, 2.24) is 25.0 Å². The lowest BCUT2D eigenvalue weighted by atomic mass is 10.1. The number of amides is 2. The average Bonchev–Trinajstić information content (AvgIpc) is 3.26. The fourth-order valence-electron chi connectivity index (χ4n) is 3.42. The van der Waals surface area contributed by atoms with Gasteiger partial charge in [0.2, 0.25) is 0 Å². The van der Waals surface area contributed by atoms with E-state index in [1.54, 1.807) is 6.33 Å². The molecule has 3 atom stereocenters. The maximum atomic E-state index is 12.6. The predicted octanol–water partition coefficient (Wildman–Crippen LogP) is 1.94. The third kappa shape index (κ3) is 3.37. The first-order valence-electron chi connectivity index (χ1n) is 8.86. The number of rotatable bonds is 4. The van der Waals surface area contributed by atoms with Crippen LogP contribution < -0.4 is 5.32 Å². The van der Waals surface area contributed by atoms with Crippen molar-refractivity contribution in [3.8, 4) is 0 Å². The smallest absolute Gasteiger partial charge is 0.317 e. The number of hydrogen-bond acceptors (Lipinski definition) is 4. The van der Waals surface area contributed by atoms with E-state index in [-0.39, 0.29) is 18.2 Å². The van der Waals surface area contributed by atoms with Crippen LogP contribution in [0.5, 0.6) is 0 Å². The van der Waals surface area contributed by atoms with Crippen LogP contribution in [0.4, 0.5) is 4.79 Å². The molecular weight excluding hydrogens is 318 g/mol. The van der Waals surface area contributed by atoms with Gasteiger partial charge >= 0.3 is 6.03 Å². The fraction of sp³-hybridized carbons (Fsp3) is 0.500. The van der Waals surface area contributed by atoms with E-state index in [2.05, 4.69) is 27.6 Å². The molecule has 0 unspecified atom stereocenters. The first-order valence-corrected chi connectivity index (χ1v) is 8.86. The number of morpholine rings is 1. The van der Waals surface area contributed by atoms with E-state index in [9.17, 15) is 4.79 Å². The van der Waals surface area contributed by atoms with E-state index in [0.717, 1.165) is 18.8 Å². The number of hydrogen-bond donors (Lipinski definition) is 1. The summed E-state index contributed by atoms with van der Waals surface area (Å²) in [5.74, 6) is 1.22. The monoisotopic (exact) mass is 341 g/mol. The van der Waals surface area contributed by atoms with E-state index >= 15 is 0 Å². The third-order valence-corrected chi connectivity index (χ3v) is 4.95. The molecule has 4 rings (SSSR count). The molecule has 0 radical (unpaired) electrons. The largest absolute Gasteiger partial charge is 0.366 e. The standard InChI is InChI=1S/C18H23N5O2/c1-2-22-12-19-21-17(22)16-11-23(8-9-25-16)18(24)20-15-10-14(15)13-6-4-3-5-7-13/h3-7,12,14-16H,2,8-11H2,1H3,(H,20,24)/t14-,15+,16-/m0/s1. The molecule has 2 aliphatic rings. The average molecular weight is 341 g/mol. The summed E-state index contributed by atoms with van der Waals surface area (Å²) in [5.41, 5.74) is 1.30. The normalized spacial score (nSPS) is 25.6. The lowest BCUT2D eigenvalue weighted by molar-refractivity contribution is -0.0218. The summed E-state index contributed by atoms with van der Waals surface area (Å²) in [6.07, 6.45) is 2.49. The Balaban J connectivity index is 1.35. The third-order valence-electron chi connectivity index (χ3n) is 4.95. The highest BCUT2D eigenvalue weighted by molar-refractivity contribution is 5.75. The molecule has 7 heteroatoms. The van der Waals surface area contributed by atoms with Gasteiger partial charge in [-0.25, -0.2) is 4.79 Å². The van der Waals surface area contributed by atoms with E-state index in [1.165, 1.54) is 5.56 Å². The molecule has 7 nitrogen and oxygen atoms in total. The molecule has 1 aromatic heterocycles. The molecule has 0 spiro atoms.